The minimum atomic E-state index is -0.530. The fourth-order valence-corrected chi connectivity index (χ4v) is 1.65. The minimum Gasteiger partial charge on any atom is -0.466 e. The SMILES string of the molecule is CC(=O)OCC=CC#CC#CC=CC=CC(CCOC(C)=O)OC(=O)C=C(C)C. The van der Waals surface area contributed by atoms with Gasteiger partial charge in [-0.1, -0.05) is 29.6 Å². The monoisotopic (exact) mass is 398 g/mol. The molecule has 0 spiro atoms. The first-order chi connectivity index (χ1) is 13.8. The number of esters is 3. The topological polar surface area (TPSA) is 78.9 Å². The Hall–Kier alpha value is -3.51. The molecule has 1 unspecified atom stereocenters. The smallest absolute Gasteiger partial charge is 0.331 e. The third-order valence-corrected chi connectivity index (χ3v) is 2.79. The fraction of sp³-hybridized carbons (Fsp3) is 0.348. The van der Waals surface area contributed by atoms with Gasteiger partial charge in [0.25, 0.3) is 0 Å². The van der Waals surface area contributed by atoms with Crippen molar-refractivity contribution in [2.24, 2.45) is 0 Å². The van der Waals surface area contributed by atoms with Crippen LogP contribution in [0, 0.1) is 23.7 Å². The van der Waals surface area contributed by atoms with Gasteiger partial charge in [-0.2, -0.15) is 0 Å². The summed E-state index contributed by atoms with van der Waals surface area (Å²) in [6.07, 6.45) is 11.0. The maximum Gasteiger partial charge on any atom is 0.331 e. The number of rotatable bonds is 9. The molecule has 6 nitrogen and oxygen atoms in total. The molecule has 29 heavy (non-hydrogen) atoms. The van der Waals surface area contributed by atoms with Gasteiger partial charge >= 0.3 is 17.9 Å². The Morgan fingerprint density at radius 2 is 1.55 bits per heavy atom. The fourth-order valence-electron chi connectivity index (χ4n) is 1.65. The van der Waals surface area contributed by atoms with E-state index in [-0.39, 0.29) is 25.2 Å². The summed E-state index contributed by atoms with van der Waals surface area (Å²) in [5, 5.41) is 0. The second-order valence-corrected chi connectivity index (χ2v) is 5.81. The number of hydrogen-bond donors (Lipinski definition) is 0. The van der Waals surface area contributed by atoms with Crippen molar-refractivity contribution < 1.29 is 28.6 Å². The molecule has 6 heteroatoms. The Bertz CT molecular complexity index is 787. The number of hydrogen-bond acceptors (Lipinski definition) is 6. The summed E-state index contributed by atoms with van der Waals surface area (Å²) in [6, 6.07) is 0. The summed E-state index contributed by atoms with van der Waals surface area (Å²) in [5.74, 6) is 9.48. The lowest BCUT2D eigenvalue weighted by Crippen LogP contribution is -2.17. The quantitative estimate of drug-likeness (QED) is 0.195. The standard InChI is InChI=1S/C23H26O6/c1-19(2)18-23(26)29-22(15-17-28-21(4)25)14-12-10-8-6-5-7-9-11-13-16-27-20(3)24/h8,10-14,18,22H,15-17H2,1-4H3. The van der Waals surface area contributed by atoms with Gasteiger partial charge in [0.05, 0.1) is 6.61 Å². The number of allylic oxidation sites excluding steroid dienone is 5. The van der Waals surface area contributed by atoms with Crippen LogP contribution in [0.1, 0.15) is 34.1 Å². The van der Waals surface area contributed by atoms with Gasteiger partial charge in [0.15, 0.2) is 0 Å². The second-order valence-electron chi connectivity index (χ2n) is 5.81. The zero-order chi connectivity index (χ0) is 21.9. The van der Waals surface area contributed by atoms with Crippen LogP contribution in [-0.4, -0.2) is 37.2 Å². The summed E-state index contributed by atoms with van der Waals surface area (Å²) in [7, 11) is 0. The zero-order valence-corrected chi connectivity index (χ0v) is 17.2. The molecule has 0 aromatic rings. The van der Waals surface area contributed by atoms with E-state index in [2.05, 4.69) is 23.7 Å². The molecule has 0 aliphatic heterocycles. The molecule has 0 saturated heterocycles. The van der Waals surface area contributed by atoms with Crippen molar-refractivity contribution >= 4 is 17.9 Å². The van der Waals surface area contributed by atoms with Crippen LogP contribution in [0.25, 0.3) is 0 Å². The summed E-state index contributed by atoms with van der Waals surface area (Å²) in [4.78, 5) is 33.2. The van der Waals surface area contributed by atoms with E-state index in [1.807, 2.05) is 0 Å². The van der Waals surface area contributed by atoms with Crippen molar-refractivity contribution in [2.45, 2.75) is 40.2 Å². The molecule has 1 atom stereocenters. The van der Waals surface area contributed by atoms with Crippen LogP contribution in [0.15, 0.2) is 48.1 Å². The molecule has 0 heterocycles. The lowest BCUT2D eigenvalue weighted by molar-refractivity contribution is -0.144. The van der Waals surface area contributed by atoms with Crippen molar-refractivity contribution in [3.8, 4) is 23.7 Å². The first-order valence-corrected chi connectivity index (χ1v) is 8.93. The Labute approximate surface area is 172 Å². The maximum atomic E-state index is 11.8. The predicted octanol–water partition coefficient (Wildman–Crippen LogP) is 3.06. The van der Waals surface area contributed by atoms with Gasteiger partial charge in [-0.15, -0.1) is 0 Å². The Kier molecular flexibility index (Phi) is 14.6. The van der Waals surface area contributed by atoms with Crippen molar-refractivity contribution in [1.82, 2.24) is 0 Å². The van der Waals surface area contributed by atoms with Crippen LogP contribution in [0.3, 0.4) is 0 Å². The number of carbonyl (C=O) groups excluding carboxylic acids is 3. The van der Waals surface area contributed by atoms with Crippen LogP contribution >= 0.6 is 0 Å². The Balaban J connectivity index is 4.60. The summed E-state index contributed by atoms with van der Waals surface area (Å²) in [5.41, 5.74) is 0.829. The van der Waals surface area contributed by atoms with Gasteiger partial charge in [0.1, 0.15) is 12.7 Å². The summed E-state index contributed by atoms with van der Waals surface area (Å²) in [6.45, 7) is 6.58. The molecule has 0 amide bonds. The largest absolute Gasteiger partial charge is 0.466 e. The van der Waals surface area contributed by atoms with Crippen LogP contribution < -0.4 is 0 Å². The molecular formula is C23H26O6. The average molecular weight is 398 g/mol. The maximum absolute atomic E-state index is 11.8. The molecule has 0 bridgehead atoms. The normalized spacial score (nSPS) is 11.2. The van der Waals surface area contributed by atoms with Crippen molar-refractivity contribution in [1.29, 1.82) is 0 Å². The number of ether oxygens (including phenoxy) is 3. The highest BCUT2D eigenvalue weighted by molar-refractivity contribution is 5.82. The molecule has 0 aliphatic carbocycles. The average Bonchev–Trinajstić information content (AvgIpc) is 2.61. The van der Waals surface area contributed by atoms with Gasteiger partial charge in [-0.3, -0.25) is 9.59 Å². The zero-order valence-electron chi connectivity index (χ0n) is 17.2. The Morgan fingerprint density at radius 1 is 0.897 bits per heavy atom. The highest BCUT2D eigenvalue weighted by atomic mass is 16.6. The third kappa shape index (κ3) is 19.1. The second kappa shape index (κ2) is 16.6. The van der Waals surface area contributed by atoms with E-state index < -0.39 is 12.1 Å². The molecule has 0 aromatic carbocycles. The summed E-state index contributed by atoms with van der Waals surface area (Å²) >= 11 is 0. The van der Waals surface area contributed by atoms with Gasteiger partial charge in [-0.25, -0.2) is 4.79 Å². The van der Waals surface area contributed by atoms with Gasteiger partial charge < -0.3 is 14.2 Å². The van der Waals surface area contributed by atoms with E-state index in [0.29, 0.717) is 6.42 Å². The molecule has 0 saturated carbocycles. The van der Waals surface area contributed by atoms with Crippen LogP contribution in [0.2, 0.25) is 0 Å². The van der Waals surface area contributed by atoms with Gasteiger partial charge in [-0.05, 0) is 50.0 Å². The van der Waals surface area contributed by atoms with Crippen LogP contribution in [0.4, 0.5) is 0 Å². The van der Waals surface area contributed by atoms with E-state index in [9.17, 15) is 14.4 Å². The number of carbonyl (C=O) groups is 3. The molecular weight excluding hydrogens is 372 g/mol. The van der Waals surface area contributed by atoms with Gasteiger partial charge in [0.2, 0.25) is 0 Å². The lowest BCUT2D eigenvalue weighted by atomic mass is 10.2. The Morgan fingerprint density at radius 3 is 2.17 bits per heavy atom. The van der Waals surface area contributed by atoms with E-state index >= 15 is 0 Å². The molecule has 0 aromatic heterocycles. The van der Waals surface area contributed by atoms with Crippen LogP contribution in [-0.2, 0) is 28.6 Å². The molecule has 0 radical (unpaired) electrons. The molecule has 0 rings (SSSR count). The first-order valence-electron chi connectivity index (χ1n) is 8.93. The van der Waals surface area contributed by atoms with Gasteiger partial charge in [0, 0.05) is 26.3 Å². The third-order valence-electron chi connectivity index (χ3n) is 2.79. The lowest BCUT2D eigenvalue weighted by Gasteiger charge is -2.13. The van der Waals surface area contributed by atoms with Crippen molar-refractivity contribution in [2.75, 3.05) is 13.2 Å². The molecule has 0 aliphatic rings. The first kappa shape index (κ1) is 25.5. The van der Waals surface area contributed by atoms with Crippen molar-refractivity contribution in [3.05, 3.63) is 48.1 Å². The molecule has 0 fully saturated rings. The highest BCUT2D eigenvalue weighted by Gasteiger charge is 2.10. The summed E-state index contributed by atoms with van der Waals surface area (Å²) < 4.78 is 14.9. The minimum absolute atomic E-state index is 0.149. The van der Waals surface area contributed by atoms with Crippen LogP contribution in [0.5, 0.6) is 0 Å². The van der Waals surface area contributed by atoms with E-state index in [4.69, 9.17) is 14.2 Å². The molecule has 154 valence electrons. The van der Waals surface area contributed by atoms with E-state index in [0.717, 1.165) is 5.57 Å². The van der Waals surface area contributed by atoms with E-state index in [1.165, 1.54) is 19.9 Å². The van der Waals surface area contributed by atoms with E-state index in [1.54, 1.807) is 50.3 Å². The highest BCUT2D eigenvalue weighted by Crippen LogP contribution is 2.04. The van der Waals surface area contributed by atoms with Crippen molar-refractivity contribution in [3.63, 3.8) is 0 Å². The molecule has 0 N–H and O–H groups in total. The predicted molar refractivity (Wildman–Crippen MR) is 110 cm³/mol.